The maximum Gasteiger partial charge on any atom is 0.235 e. The van der Waals surface area contributed by atoms with Crippen molar-refractivity contribution < 1.29 is 4.79 Å². The first kappa shape index (κ1) is 22.2. The second kappa shape index (κ2) is 9.62. The fraction of sp³-hybridized carbons (Fsp3) is 0.500. The van der Waals surface area contributed by atoms with E-state index in [0.717, 1.165) is 69.1 Å². The van der Waals surface area contributed by atoms with Gasteiger partial charge in [0, 0.05) is 42.6 Å². The number of anilines is 2. The van der Waals surface area contributed by atoms with E-state index in [4.69, 9.17) is 11.6 Å². The van der Waals surface area contributed by atoms with E-state index in [1.165, 1.54) is 11.3 Å². The van der Waals surface area contributed by atoms with Crippen molar-refractivity contribution >= 4 is 28.9 Å². The van der Waals surface area contributed by atoms with Crippen molar-refractivity contribution in [1.29, 1.82) is 0 Å². The van der Waals surface area contributed by atoms with Crippen LogP contribution in [0.15, 0.2) is 48.5 Å². The van der Waals surface area contributed by atoms with Gasteiger partial charge in [-0.2, -0.15) is 0 Å². The lowest BCUT2D eigenvalue weighted by atomic mass is 9.72. The first-order chi connectivity index (χ1) is 15.0. The Hall–Kier alpha value is -2.04. The van der Waals surface area contributed by atoms with Crippen LogP contribution in [-0.2, 0) is 10.2 Å². The number of hydrogen-bond acceptors (Lipinski definition) is 3. The molecule has 1 atom stereocenters. The van der Waals surface area contributed by atoms with Crippen molar-refractivity contribution in [2.45, 2.75) is 44.9 Å². The van der Waals surface area contributed by atoms with Crippen LogP contribution in [0.5, 0.6) is 0 Å². The number of hydrogen-bond donors (Lipinski definition) is 1. The van der Waals surface area contributed by atoms with Crippen molar-refractivity contribution in [3.05, 3.63) is 59.1 Å². The standard InChI is InChI=1S/C26H34ClN3O/c1-20(2)19-26(23-10-3-4-11-24(23)28-25(26)31)12-5-6-13-29-14-16-30(17-15-29)22-9-7-8-21(27)18-22/h3-4,7-11,18,20H,5-6,12-17,19H2,1-2H3,(H,28,31). The second-order valence-electron chi connectivity index (χ2n) is 9.45. The molecule has 4 nitrogen and oxygen atoms in total. The van der Waals surface area contributed by atoms with Gasteiger partial charge in [-0.1, -0.05) is 56.1 Å². The van der Waals surface area contributed by atoms with Crippen LogP contribution in [0, 0.1) is 5.92 Å². The number of amides is 1. The topological polar surface area (TPSA) is 35.6 Å². The fourth-order valence-corrected chi connectivity index (χ4v) is 5.47. The fourth-order valence-electron chi connectivity index (χ4n) is 5.29. The van der Waals surface area contributed by atoms with Crippen molar-refractivity contribution in [1.82, 2.24) is 4.90 Å². The number of nitrogens with one attached hydrogen (secondary N) is 1. The molecule has 0 aromatic heterocycles. The number of piperazine rings is 1. The normalized spacial score (nSPS) is 21.4. The molecule has 5 heteroatoms. The molecule has 1 fully saturated rings. The Labute approximate surface area is 191 Å². The summed E-state index contributed by atoms with van der Waals surface area (Å²) in [6, 6.07) is 16.4. The van der Waals surface area contributed by atoms with Crippen molar-refractivity contribution in [2.24, 2.45) is 5.92 Å². The summed E-state index contributed by atoms with van der Waals surface area (Å²) in [5.41, 5.74) is 3.05. The number of carbonyl (C=O) groups excluding carboxylic acids is 1. The van der Waals surface area contributed by atoms with Gasteiger partial charge >= 0.3 is 0 Å². The number of rotatable bonds is 8. The molecule has 2 aliphatic heterocycles. The van der Waals surface area contributed by atoms with Crippen molar-refractivity contribution in [3.8, 4) is 0 Å². The summed E-state index contributed by atoms with van der Waals surface area (Å²) in [5.74, 6) is 0.675. The Morgan fingerprint density at radius 1 is 1.03 bits per heavy atom. The summed E-state index contributed by atoms with van der Waals surface area (Å²) in [4.78, 5) is 18.0. The number of nitrogens with zero attached hydrogens (tertiary/aromatic N) is 2. The highest BCUT2D eigenvalue weighted by Crippen LogP contribution is 2.45. The highest BCUT2D eigenvalue weighted by atomic mass is 35.5. The van der Waals surface area contributed by atoms with E-state index in [0.29, 0.717) is 5.92 Å². The SMILES string of the molecule is CC(C)CC1(CCCCN2CCN(c3cccc(Cl)c3)CC2)C(=O)Nc2ccccc21. The molecule has 1 saturated heterocycles. The predicted octanol–water partition coefficient (Wildman–Crippen LogP) is 5.57. The molecule has 31 heavy (non-hydrogen) atoms. The summed E-state index contributed by atoms with van der Waals surface area (Å²) >= 11 is 6.15. The maximum absolute atomic E-state index is 13.0. The van der Waals surface area contributed by atoms with Gasteiger partial charge in [-0.25, -0.2) is 0 Å². The number of fused-ring (bicyclic) bond motifs is 1. The van der Waals surface area contributed by atoms with Crippen LogP contribution < -0.4 is 10.2 Å². The lowest BCUT2D eigenvalue weighted by Crippen LogP contribution is -2.46. The predicted molar refractivity (Wildman–Crippen MR) is 130 cm³/mol. The van der Waals surface area contributed by atoms with Crippen molar-refractivity contribution in [3.63, 3.8) is 0 Å². The van der Waals surface area contributed by atoms with Gasteiger partial charge in [0.05, 0.1) is 5.41 Å². The van der Waals surface area contributed by atoms with Crippen LogP contribution in [-0.4, -0.2) is 43.5 Å². The van der Waals surface area contributed by atoms with Crippen LogP contribution in [0.2, 0.25) is 5.02 Å². The zero-order valence-corrected chi connectivity index (χ0v) is 19.5. The van der Waals surface area contributed by atoms with Crippen LogP contribution in [0.3, 0.4) is 0 Å². The second-order valence-corrected chi connectivity index (χ2v) is 9.88. The monoisotopic (exact) mass is 439 g/mol. The molecular formula is C26H34ClN3O. The summed E-state index contributed by atoms with van der Waals surface area (Å²) < 4.78 is 0. The summed E-state index contributed by atoms with van der Waals surface area (Å²) in [7, 11) is 0. The molecule has 0 saturated carbocycles. The van der Waals surface area contributed by atoms with Gasteiger partial charge in [0.1, 0.15) is 0 Å². The van der Waals surface area contributed by atoms with Gasteiger partial charge in [0.15, 0.2) is 0 Å². The molecule has 2 heterocycles. The van der Waals surface area contributed by atoms with Gasteiger partial charge in [0.25, 0.3) is 0 Å². The lowest BCUT2D eigenvalue weighted by Gasteiger charge is -2.36. The molecule has 0 aliphatic carbocycles. The minimum Gasteiger partial charge on any atom is -0.369 e. The molecular weight excluding hydrogens is 406 g/mol. The zero-order valence-electron chi connectivity index (χ0n) is 18.7. The highest BCUT2D eigenvalue weighted by Gasteiger charge is 2.46. The lowest BCUT2D eigenvalue weighted by molar-refractivity contribution is -0.121. The average molecular weight is 440 g/mol. The number of benzene rings is 2. The zero-order chi connectivity index (χ0) is 21.8. The Balaban J connectivity index is 1.29. The third-order valence-electron chi connectivity index (χ3n) is 6.76. The first-order valence-corrected chi connectivity index (χ1v) is 12.0. The van der Waals surface area contributed by atoms with E-state index < -0.39 is 0 Å². The van der Waals surface area contributed by atoms with Crippen LogP contribution in [0.4, 0.5) is 11.4 Å². The van der Waals surface area contributed by atoms with Gasteiger partial charge in [-0.05, 0) is 61.6 Å². The minimum absolute atomic E-state index is 0.192. The summed E-state index contributed by atoms with van der Waals surface area (Å²) in [5, 5.41) is 3.94. The largest absolute Gasteiger partial charge is 0.369 e. The van der Waals surface area contributed by atoms with E-state index in [2.05, 4.69) is 53.2 Å². The van der Waals surface area contributed by atoms with Gasteiger partial charge in [-0.15, -0.1) is 0 Å². The summed E-state index contributed by atoms with van der Waals surface area (Å²) in [6.07, 6.45) is 4.04. The van der Waals surface area contributed by atoms with E-state index in [-0.39, 0.29) is 11.3 Å². The molecule has 1 amide bonds. The first-order valence-electron chi connectivity index (χ1n) is 11.6. The van der Waals surface area contributed by atoms with E-state index in [9.17, 15) is 4.79 Å². The Bertz CT molecular complexity index is 907. The highest BCUT2D eigenvalue weighted by molar-refractivity contribution is 6.30. The molecule has 0 radical (unpaired) electrons. The van der Waals surface area contributed by atoms with Gasteiger partial charge < -0.3 is 10.2 Å². The van der Waals surface area contributed by atoms with Crippen molar-refractivity contribution in [2.75, 3.05) is 42.9 Å². The number of halogens is 1. The Morgan fingerprint density at radius 2 is 1.81 bits per heavy atom. The molecule has 1 N–H and O–H groups in total. The molecule has 4 rings (SSSR count). The van der Waals surface area contributed by atoms with Gasteiger partial charge in [-0.3, -0.25) is 9.69 Å². The molecule has 166 valence electrons. The minimum atomic E-state index is -0.365. The average Bonchev–Trinajstić information content (AvgIpc) is 3.02. The van der Waals surface area contributed by atoms with E-state index >= 15 is 0 Å². The Kier molecular flexibility index (Phi) is 6.88. The maximum atomic E-state index is 13.0. The number of carbonyl (C=O) groups is 1. The van der Waals surface area contributed by atoms with E-state index in [1.807, 2.05) is 24.3 Å². The van der Waals surface area contributed by atoms with Gasteiger partial charge in [0.2, 0.25) is 5.91 Å². The van der Waals surface area contributed by atoms with Crippen LogP contribution in [0.1, 0.15) is 45.1 Å². The Morgan fingerprint density at radius 3 is 2.55 bits per heavy atom. The third-order valence-corrected chi connectivity index (χ3v) is 6.99. The van der Waals surface area contributed by atoms with Crippen LogP contribution in [0.25, 0.3) is 0 Å². The van der Waals surface area contributed by atoms with E-state index in [1.54, 1.807) is 0 Å². The molecule has 2 aromatic rings. The summed E-state index contributed by atoms with van der Waals surface area (Å²) in [6.45, 7) is 9.76. The quantitative estimate of drug-likeness (QED) is 0.546. The molecule has 0 spiro atoms. The molecule has 2 aliphatic rings. The number of para-hydroxylation sites is 1. The molecule has 2 aromatic carbocycles. The van der Waals surface area contributed by atoms with Crippen LogP contribution >= 0.6 is 11.6 Å². The number of unbranched alkanes of at least 4 members (excludes halogenated alkanes) is 1. The smallest absolute Gasteiger partial charge is 0.235 e. The molecule has 0 bridgehead atoms. The molecule has 1 unspecified atom stereocenters. The third kappa shape index (κ3) is 4.91.